The molecule has 2 aromatic rings. The zero-order chi connectivity index (χ0) is 13.3. The van der Waals surface area contributed by atoms with Crippen molar-refractivity contribution >= 4 is 11.0 Å². The third kappa shape index (κ3) is 2.12. The first-order valence-corrected chi connectivity index (χ1v) is 6.42. The summed E-state index contributed by atoms with van der Waals surface area (Å²) >= 11 is 0. The van der Waals surface area contributed by atoms with Crippen LogP contribution in [0.3, 0.4) is 0 Å². The van der Waals surface area contributed by atoms with E-state index in [9.17, 15) is 4.39 Å². The molecule has 0 saturated carbocycles. The lowest BCUT2D eigenvalue weighted by Crippen LogP contribution is -2.12. The number of hydrogen-bond acceptors (Lipinski definition) is 2. The summed E-state index contributed by atoms with van der Waals surface area (Å²) in [5, 5.41) is 0. The minimum atomic E-state index is -0.256. The fourth-order valence-electron chi connectivity index (χ4n) is 2.37. The molecule has 1 atom stereocenters. The van der Waals surface area contributed by atoms with Gasteiger partial charge in [-0.05, 0) is 38.9 Å². The van der Waals surface area contributed by atoms with E-state index in [-0.39, 0.29) is 17.8 Å². The van der Waals surface area contributed by atoms with Crippen molar-refractivity contribution in [2.24, 2.45) is 5.73 Å². The Kier molecular flexibility index (Phi) is 3.66. The van der Waals surface area contributed by atoms with Gasteiger partial charge in [-0.15, -0.1) is 0 Å². The van der Waals surface area contributed by atoms with Crippen LogP contribution in [0.4, 0.5) is 4.39 Å². The molecule has 1 aromatic heterocycles. The Morgan fingerprint density at radius 1 is 1.33 bits per heavy atom. The molecule has 2 rings (SSSR count). The summed E-state index contributed by atoms with van der Waals surface area (Å²) in [5.41, 5.74) is 6.93. The summed E-state index contributed by atoms with van der Waals surface area (Å²) in [5.74, 6) is 0.910. The van der Waals surface area contributed by atoms with E-state index < -0.39 is 0 Å². The van der Waals surface area contributed by atoms with Crippen LogP contribution in [-0.2, 0) is 0 Å². The van der Waals surface area contributed by atoms with E-state index in [0.29, 0.717) is 12.1 Å². The number of nitrogens with zero attached hydrogens (tertiary/aromatic N) is 2. The highest BCUT2D eigenvalue weighted by Crippen LogP contribution is 2.28. The molecule has 0 aliphatic carbocycles. The van der Waals surface area contributed by atoms with Crippen LogP contribution < -0.4 is 5.73 Å². The van der Waals surface area contributed by atoms with Crippen LogP contribution in [0.25, 0.3) is 11.0 Å². The first-order chi connectivity index (χ1) is 8.56. The minimum absolute atomic E-state index is 0.240. The van der Waals surface area contributed by atoms with Crippen LogP contribution in [0.1, 0.15) is 45.0 Å². The van der Waals surface area contributed by atoms with Gasteiger partial charge in [0, 0.05) is 12.0 Å². The van der Waals surface area contributed by atoms with Crippen LogP contribution in [0.15, 0.2) is 18.2 Å². The number of benzene rings is 1. The third-order valence-electron chi connectivity index (χ3n) is 3.26. The molecule has 3 nitrogen and oxygen atoms in total. The predicted octanol–water partition coefficient (Wildman–Crippen LogP) is 3.21. The van der Waals surface area contributed by atoms with Gasteiger partial charge < -0.3 is 10.3 Å². The molecule has 0 radical (unpaired) electrons. The van der Waals surface area contributed by atoms with Crippen molar-refractivity contribution in [3.63, 3.8) is 0 Å². The number of nitrogens with two attached hydrogens (primary N) is 1. The van der Waals surface area contributed by atoms with Crippen molar-refractivity contribution in [2.45, 2.75) is 39.2 Å². The van der Waals surface area contributed by atoms with Crippen LogP contribution in [0, 0.1) is 5.82 Å². The smallest absolute Gasteiger partial charge is 0.151 e. The standard InChI is InChI=1S/C14H20FN3/c1-9(2)18-12-6-4-5-11(15)13(12)17-14(18)10(3)7-8-16/h4-6,9-10H,7-8,16H2,1-3H3. The Balaban J connectivity index is 2.65. The second-order valence-corrected chi connectivity index (χ2v) is 5.02. The van der Waals surface area contributed by atoms with Gasteiger partial charge in [0.05, 0.1) is 5.52 Å². The van der Waals surface area contributed by atoms with Gasteiger partial charge in [-0.3, -0.25) is 0 Å². The van der Waals surface area contributed by atoms with Gasteiger partial charge in [0.1, 0.15) is 11.3 Å². The van der Waals surface area contributed by atoms with E-state index in [4.69, 9.17) is 5.73 Å². The van der Waals surface area contributed by atoms with Crippen molar-refractivity contribution < 1.29 is 4.39 Å². The zero-order valence-electron chi connectivity index (χ0n) is 11.2. The largest absolute Gasteiger partial charge is 0.330 e. The molecule has 1 aromatic carbocycles. The van der Waals surface area contributed by atoms with Crippen molar-refractivity contribution in [3.05, 3.63) is 29.8 Å². The Bertz CT molecular complexity index is 545. The van der Waals surface area contributed by atoms with Crippen molar-refractivity contribution in [1.29, 1.82) is 0 Å². The summed E-state index contributed by atoms with van der Waals surface area (Å²) < 4.78 is 15.9. The van der Waals surface area contributed by atoms with Gasteiger partial charge in [-0.25, -0.2) is 9.37 Å². The minimum Gasteiger partial charge on any atom is -0.330 e. The summed E-state index contributed by atoms with van der Waals surface area (Å²) in [6.07, 6.45) is 0.859. The Hall–Kier alpha value is -1.42. The third-order valence-corrected chi connectivity index (χ3v) is 3.26. The van der Waals surface area contributed by atoms with Crippen molar-refractivity contribution in [2.75, 3.05) is 6.54 Å². The molecule has 1 unspecified atom stereocenters. The Labute approximate surface area is 107 Å². The van der Waals surface area contributed by atoms with Crippen molar-refractivity contribution in [1.82, 2.24) is 9.55 Å². The van der Waals surface area contributed by atoms with Crippen LogP contribution in [0.5, 0.6) is 0 Å². The summed E-state index contributed by atoms with van der Waals surface area (Å²) in [6.45, 7) is 6.88. The highest BCUT2D eigenvalue weighted by Gasteiger charge is 2.19. The highest BCUT2D eigenvalue weighted by molar-refractivity contribution is 5.77. The molecule has 0 amide bonds. The number of imidazole rings is 1. The van der Waals surface area contributed by atoms with E-state index in [1.165, 1.54) is 6.07 Å². The summed E-state index contributed by atoms with van der Waals surface area (Å²) in [6, 6.07) is 5.36. The molecule has 2 N–H and O–H groups in total. The molecule has 0 fully saturated rings. The number of halogens is 1. The predicted molar refractivity (Wildman–Crippen MR) is 72.2 cm³/mol. The van der Waals surface area contributed by atoms with E-state index in [2.05, 4.69) is 30.3 Å². The fourth-order valence-corrected chi connectivity index (χ4v) is 2.37. The first kappa shape index (κ1) is 13.0. The molecule has 98 valence electrons. The van der Waals surface area contributed by atoms with Gasteiger partial charge >= 0.3 is 0 Å². The lowest BCUT2D eigenvalue weighted by molar-refractivity contribution is 0.538. The quantitative estimate of drug-likeness (QED) is 0.904. The number of para-hydroxylation sites is 1. The normalized spacial score (nSPS) is 13.4. The van der Waals surface area contributed by atoms with E-state index in [1.54, 1.807) is 6.07 Å². The average Bonchev–Trinajstić information content (AvgIpc) is 2.70. The SMILES string of the molecule is CC(CCN)c1nc2c(F)cccc2n1C(C)C. The van der Waals surface area contributed by atoms with Crippen LogP contribution >= 0.6 is 0 Å². The summed E-state index contributed by atoms with van der Waals surface area (Å²) in [7, 11) is 0. The van der Waals surface area contributed by atoms with Crippen LogP contribution in [0.2, 0.25) is 0 Å². The number of aromatic nitrogens is 2. The maximum atomic E-state index is 13.8. The number of rotatable bonds is 4. The average molecular weight is 249 g/mol. The first-order valence-electron chi connectivity index (χ1n) is 6.42. The van der Waals surface area contributed by atoms with Gasteiger partial charge in [0.2, 0.25) is 0 Å². The van der Waals surface area contributed by atoms with Crippen LogP contribution in [-0.4, -0.2) is 16.1 Å². The van der Waals surface area contributed by atoms with E-state index >= 15 is 0 Å². The molecule has 1 heterocycles. The van der Waals surface area contributed by atoms with E-state index in [1.807, 2.05) is 6.07 Å². The van der Waals surface area contributed by atoms with Gasteiger partial charge in [0.25, 0.3) is 0 Å². The lowest BCUT2D eigenvalue weighted by Gasteiger charge is -2.17. The molecule has 0 bridgehead atoms. The Morgan fingerprint density at radius 3 is 2.67 bits per heavy atom. The zero-order valence-corrected chi connectivity index (χ0v) is 11.2. The Morgan fingerprint density at radius 2 is 2.06 bits per heavy atom. The topological polar surface area (TPSA) is 43.8 Å². The molecule has 0 aliphatic rings. The number of hydrogen-bond donors (Lipinski definition) is 1. The molecule has 0 spiro atoms. The highest BCUT2D eigenvalue weighted by atomic mass is 19.1. The fraction of sp³-hybridized carbons (Fsp3) is 0.500. The lowest BCUT2D eigenvalue weighted by atomic mass is 10.1. The molecular weight excluding hydrogens is 229 g/mol. The van der Waals surface area contributed by atoms with Crippen molar-refractivity contribution in [3.8, 4) is 0 Å². The summed E-state index contributed by atoms with van der Waals surface area (Å²) in [4.78, 5) is 4.48. The maximum absolute atomic E-state index is 13.8. The van der Waals surface area contributed by atoms with E-state index in [0.717, 1.165) is 17.8 Å². The molecule has 18 heavy (non-hydrogen) atoms. The monoisotopic (exact) mass is 249 g/mol. The van der Waals surface area contributed by atoms with Gasteiger partial charge in [0.15, 0.2) is 5.82 Å². The second kappa shape index (κ2) is 5.06. The number of fused-ring (bicyclic) bond motifs is 1. The molecule has 0 aliphatic heterocycles. The van der Waals surface area contributed by atoms with Gasteiger partial charge in [-0.1, -0.05) is 13.0 Å². The molecular formula is C14H20FN3. The second-order valence-electron chi connectivity index (χ2n) is 5.02. The van der Waals surface area contributed by atoms with Gasteiger partial charge in [-0.2, -0.15) is 0 Å². The molecule has 4 heteroatoms. The maximum Gasteiger partial charge on any atom is 0.151 e. The molecule has 0 saturated heterocycles.